The number of rotatable bonds is 3. The summed E-state index contributed by atoms with van der Waals surface area (Å²) in [5.74, 6) is -0.139. The van der Waals surface area contributed by atoms with Gasteiger partial charge in [-0.05, 0) is 108 Å². The zero-order valence-electron chi connectivity index (χ0n) is 19.7. The van der Waals surface area contributed by atoms with Gasteiger partial charge in [-0.15, -0.1) is 0 Å². The Kier molecular flexibility index (Phi) is 5.33. The molecule has 30 heavy (non-hydrogen) atoms. The summed E-state index contributed by atoms with van der Waals surface area (Å²) in [4.78, 5) is 0. The molecule has 0 fully saturated rings. The molecule has 0 amide bonds. The molecule has 1 nitrogen and oxygen atoms in total. The number of halogens is 1. The topological polar surface area (TPSA) is 3.24 Å². The summed E-state index contributed by atoms with van der Waals surface area (Å²) >= 11 is 0. The first-order chi connectivity index (χ1) is 14.0. The van der Waals surface area contributed by atoms with Crippen molar-refractivity contribution in [1.29, 1.82) is 0 Å². The first kappa shape index (κ1) is 21.5. The van der Waals surface area contributed by atoms with Crippen LogP contribution in [0.3, 0.4) is 0 Å². The normalized spacial score (nSPS) is 18.5. The molecule has 162 valence electrons. The second kappa shape index (κ2) is 7.44. The van der Waals surface area contributed by atoms with Crippen molar-refractivity contribution in [3.05, 3.63) is 58.4 Å². The quantitative estimate of drug-likeness (QED) is 0.483. The lowest BCUT2D eigenvalue weighted by molar-refractivity contribution is 0.335. The van der Waals surface area contributed by atoms with E-state index in [4.69, 9.17) is 0 Å². The van der Waals surface area contributed by atoms with E-state index in [9.17, 15) is 4.39 Å². The van der Waals surface area contributed by atoms with Crippen LogP contribution in [0.4, 0.5) is 10.1 Å². The summed E-state index contributed by atoms with van der Waals surface area (Å²) in [6, 6.07) is 7.78. The van der Waals surface area contributed by atoms with E-state index < -0.39 is 10.2 Å². The van der Waals surface area contributed by atoms with E-state index in [0.717, 1.165) is 31.4 Å². The molecular formula is C27H36FNS. The zero-order valence-corrected chi connectivity index (χ0v) is 20.5. The highest BCUT2D eigenvalue weighted by Crippen LogP contribution is 2.54. The Bertz CT molecular complexity index is 1030. The van der Waals surface area contributed by atoms with E-state index in [-0.39, 0.29) is 5.82 Å². The lowest BCUT2D eigenvalue weighted by Crippen LogP contribution is -2.30. The van der Waals surface area contributed by atoms with Crippen molar-refractivity contribution >= 4 is 21.5 Å². The van der Waals surface area contributed by atoms with Crippen molar-refractivity contribution < 1.29 is 4.39 Å². The van der Waals surface area contributed by atoms with Crippen LogP contribution in [-0.2, 0) is 13.0 Å². The molecule has 4 rings (SSSR count). The Morgan fingerprint density at radius 2 is 1.80 bits per heavy atom. The van der Waals surface area contributed by atoms with E-state index in [1.165, 1.54) is 45.5 Å². The van der Waals surface area contributed by atoms with Gasteiger partial charge in [0, 0.05) is 5.56 Å². The molecule has 0 atom stereocenters. The standard InChI is InChI=1S/C27H36FNS/c1-8-22-18(2)26-25(16-24(22)19-11-13-27(3,4)14-12-19)23-10-9-21(28)15-20(23)17-29(26)30(5,6)7/h9-11,15-16H,8,12-14,17H2,1-7H3. The van der Waals surface area contributed by atoms with Gasteiger partial charge in [-0.1, -0.05) is 32.9 Å². The molecule has 0 bridgehead atoms. The van der Waals surface area contributed by atoms with Crippen LogP contribution in [0, 0.1) is 18.2 Å². The second-order valence-electron chi connectivity index (χ2n) is 10.5. The number of allylic oxidation sites excluding steroid dienone is 2. The smallest absolute Gasteiger partial charge is 0.123 e. The molecular weight excluding hydrogens is 389 g/mol. The van der Waals surface area contributed by atoms with Crippen LogP contribution in [0.2, 0.25) is 0 Å². The van der Waals surface area contributed by atoms with Crippen molar-refractivity contribution in [2.75, 3.05) is 23.1 Å². The average molecular weight is 426 g/mol. The molecule has 0 N–H and O–H groups in total. The summed E-state index contributed by atoms with van der Waals surface area (Å²) < 4.78 is 16.7. The molecule has 0 spiro atoms. The molecule has 1 heterocycles. The summed E-state index contributed by atoms with van der Waals surface area (Å²) in [6.07, 6.45) is 14.1. The largest absolute Gasteiger partial charge is 0.329 e. The predicted octanol–water partition coefficient (Wildman–Crippen LogP) is 7.89. The molecule has 0 saturated carbocycles. The molecule has 3 heteroatoms. The van der Waals surface area contributed by atoms with E-state index >= 15 is 0 Å². The number of nitrogens with zero attached hydrogens (tertiary/aromatic N) is 1. The molecule has 2 aliphatic rings. The second-order valence-corrected chi connectivity index (χ2v) is 14.5. The van der Waals surface area contributed by atoms with E-state index in [2.05, 4.69) is 62.9 Å². The zero-order chi connectivity index (χ0) is 21.8. The van der Waals surface area contributed by atoms with Gasteiger partial charge in [-0.2, -0.15) is 10.2 Å². The lowest BCUT2D eigenvalue weighted by atomic mass is 9.75. The maximum absolute atomic E-state index is 14.1. The van der Waals surface area contributed by atoms with Crippen molar-refractivity contribution in [1.82, 2.24) is 0 Å². The minimum atomic E-state index is -0.999. The first-order valence-corrected chi connectivity index (χ1v) is 13.9. The molecule has 1 aliphatic heterocycles. The van der Waals surface area contributed by atoms with Gasteiger partial charge in [0.2, 0.25) is 0 Å². The summed E-state index contributed by atoms with van der Waals surface area (Å²) in [6.45, 7) is 10.1. The minimum Gasteiger partial charge on any atom is -0.329 e. The molecule has 2 aromatic rings. The molecule has 0 aromatic heterocycles. The number of benzene rings is 2. The number of hydrogen-bond donors (Lipinski definition) is 0. The van der Waals surface area contributed by atoms with E-state index in [1.54, 1.807) is 12.1 Å². The highest BCUT2D eigenvalue weighted by molar-refractivity contribution is 8.33. The highest BCUT2D eigenvalue weighted by Gasteiger charge is 2.32. The molecule has 1 aliphatic carbocycles. The van der Waals surface area contributed by atoms with Crippen LogP contribution in [0.1, 0.15) is 62.3 Å². The summed E-state index contributed by atoms with van der Waals surface area (Å²) in [5.41, 5.74) is 11.2. The Labute approximate surface area is 183 Å². The van der Waals surface area contributed by atoms with Crippen molar-refractivity contribution in [3.63, 3.8) is 0 Å². The van der Waals surface area contributed by atoms with Gasteiger partial charge in [0.15, 0.2) is 0 Å². The third kappa shape index (κ3) is 3.70. The Balaban J connectivity index is 1.98. The Morgan fingerprint density at radius 1 is 1.07 bits per heavy atom. The van der Waals surface area contributed by atoms with Gasteiger partial charge in [0.25, 0.3) is 0 Å². The number of hydrogen-bond acceptors (Lipinski definition) is 1. The number of anilines is 1. The van der Waals surface area contributed by atoms with Gasteiger partial charge >= 0.3 is 0 Å². The monoisotopic (exact) mass is 425 g/mol. The number of fused-ring (bicyclic) bond motifs is 3. The SMILES string of the molecule is CCc1c(C2=CCC(C)(C)CC2)cc2c(c1C)N(S(C)(C)C)Cc1cc(F)ccc1-2. The summed E-state index contributed by atoms with van der Waals surface area (Å²) in [5, 5.41) is 0. The van der Waals surface area contributed by atoms with Gasteiger partial charge in [-0.25, -0.2) is 4.39 Å². The van der Waals surface area contributed by atoms with Gasteiger partial charge in [-0.3, -0.25) is 0 Å². The molecule has 0 radical (unpaired) electrons. The summed E-state index contributed by atoms with van der Waals surface area (Å²) in [7, 11) is -0.999. The van der Waals surface area contributed by atoms with E-state index in [1.807, 2.05) is 6.07 Å². The van der Waals surface area contributed by atoms with Crippen LogP contribution in [0.25, 0.3) is 16.7 Å². The predicted molar refractivity (Wildman–Crippen MR) is 133 cm³/mol. The van der Waals surface area contributed by atoms with Crippen LogP contribution < -0.4 is 4.31 Å². The van der Waals surface area contributed by atoms with Gasteiger partial charge in [0.05, 0.1) is 12.2 Å². The van der Waals surface area contributed by atoms with Gasteiger partial charge in [0.1, 0.15) is 5.82 Å². The van der Waals surface area contributed by atoms with Crippen LogP contribution in [-0.4, -0.2) is 18.8 Å². The van der Waals surface area contributed by atoms with Crippen molar-refractivity contribution in [3.8, 4) is 11.1 Å². The third-order valence-corrected chi connectivity index (χ3v) is 8.56. The Morgan fingerprint density at radius 3 is 2.40 bits per heavy atom. The molecule has 0 unspecified atom stereocenters. The third-order valence-electron chi connectivity index (χ3n) is 6.93. The fraction of sp³-hybridized carbons (Fsp3) is 0.481. The van der Waals surface area contributed by atoms with Crippen molar-refractivity contribution in [2.24, 2.45) is 5.41 Å². The first-order valence-electron chi connectivity index (χ1n) is 11.1. The highest BCUT2D eigenvalue weighted by atomic mass is 32.3. The van der Waals surface area contributed by atoms with Gasteiger partial charge < -0.3 is 4.31 Å². The van der Waals surface area contributed by atoms with Crippen LogP contribution in [0.5, 0.6) is 0 Å². The Hall–Kier alpha value is -1.74. The fourth-order valence-electron chi connectivity index (χ4n) is 5.09. The lowest BCUT2D eigenvalue weighted by Gasteiger charge is -2.47. The maximum Gasteiger partial charge on any atom is 0.123 e. The molecule has 0 saturated heterocycles. The average Bonchev–Trinajstić information content (AvgIpc) is 2.66. The fourth-order valence-corrected chi connectivity index (χ4v) is 6.40. The van der Waals surface area contributed by atoms with Crippen molar-refractivity contribution in [2.45, 2.75) is 59.9 Å². The maximum atomic E-state index is 14.1. The van der Waals surface area contributed by atoms with Crippen LogP contribution >= 0.6 is 10.2 Å². The minimum absolute atomic E-state index is 0.139. The van der Waals surface area contributed by atoms with E-state index in [0.29, 0.717) is 5.41 Å². The molecule has 2 aromatic carbocycles. The van der Waals surface area contributed by atoms with Crippen LogP contribution in [0.15, 0.2) is 30.3 Å².